The van der Waals surface area contributed by atoms with Gasteiger partial charge < -0.3 is 4.74 Å². The third-order valence-electron chi connectivity index (χ3n) is 2.87. The van der Waals surface area contributed by atoms with Gasteiger partial charge in [-0.15, -0.1) is 0 Å². The summed E-state index contributed by atoms with van der Waals surface area (Å²) in [6.07, 6.45) is -4.50. The van der Waals surface area contributed by atoms with Crippen molar-refractivity contribution < 1.29 is 17.9 Å². The first kappa shape index (κ1) is 14.9. The minimum atomic E-state index is -4.50. The lowest BCUT2D eigenvalue weighted by Crippen LogP contribution is -2.36. The van der Waals surface area contributed by atoms with Crippen molar-refractivity contribution >= 4 is 0 Å². The summed E-state index contributed by atoms with van der Waals surface area (Å²) in [5.41, 5.74) is -2.13. The van der Waals surface area contributed by atoms with Gasteiger partial charge >= 0.3 is 11.9 Å². The Hall–Kier alpha value is -2.51. The van der Waals surface area contributed by atoms with Gasteiger partial charge in [-0.3, -0.25) is 13.9 Å². The van der Waals surface area contributed by atoms with Crippen LogP contribution in [0.3, 0.4) is 0 Å². The monoisotopic (exact) mass is 300 g/mol. The Balaban J connectivity index is 2.45. The molecule has 0 spiro atoms. The second-order valence-corrected chi connectivity index (χ2v) is 4.35. The lowest BCUT2D eigenvalue weighted by atomic mass is 10.2. The molecule has 0 atom stereocenters. The molecule has 0 amide bonds. The topological polar surface area (TPSA) is 53.2 Å². The standard InChI is InChI=1S/C13H11F3N2O3/c1-17-10(19)7-11(18(2)12(17)20)21-9-5-3-4-8(6-9)13(14,15)16/h3-7H,1-2H3. The minimum Gasteiger partial charge on any atom is -0.440 e. The number of aromatic nitrogens is 2. The van der Waals surface area contributed by atoms with Crippen LogP contribution in [0, 0.1) is 0 Å². The van der Waals surface area contributed by atoms with E-state index in [1.165, 1.54) is 26.2 Å². The predicted octanol–water partition coefficient (Wildman–Crippen LogP) is 1.90. The molecule has 0 aliphatic rings. The maximum atomic E-state index is 12.6. The molecule has 0 saturated carbocycles. The van der Waals surface area contributed by atoms with E-state index in [-0.39, 0.29) is 11.6 Å². The van der Waals surface area contributed by atoms with Crippen molar-refractivity contribution in [1.82, 2.24) is 9.13 Å². The Kier molecular flexibility index (Phi) is 3.63. The first-order valence-electron chi connectivity index (χ1n) is 5.82. The summed E-state index contributed by atoms with van der Waals surface area (Å²) < 4.78 is 44.9. The number of benzene rings is 1. The Morgan fingerprint density at radius 2 is 1.71 bits per heavy atom. The first-order chi connectivity index (χ1) is 9.70. The van der Waals surface area contributed by atoms with E-state index in [4.69, 9.17) is 4.74 Å². The van der Waals surface area contributed by atoms with Crippen molar-refractivity contribution in [3.8, 4) is 11.6 Å². The summed E-state index contributed by atoms with van der Waals surface area (Å²) >= 11 is 0. The highest BCUT2D eigenvalue weighted by Gasteiger charge is 2.30. The molecule has 112 valence electrons. The summed E-state index contributed by atoms with van der Waals surface area (Å²) in [5.74, 6) is -0.254. The molecule has 2 rings (SSSR count). The zero-order valence-corrected chi connectivity index (χ0v) is 11.1. The second-order valence-electron chi connectivity index (χ2n) is 4.35. The highest BCUT2D eigenvalue weighted by Crippen LogP contribution is 2.32. The number of alkyl halides is 3. The van der Waals surface area contributed by atoms with Crippen molar-refractivity contribution in [1.29, 1.82) is 0 Å². The normalized spacial score (nSPS) is 11.5. The Morgan fingerprint density at radius 3 is 2.33 bits per heavy atom. The SMILES string of the molecule is Cn1c(Oc2cccc(C(F)(F)F)c2)cc(=O)n(C)c1=O. The van der Waals surface area contributed by atoms with Crippen LogP contribution in [0.25, 0.3) is 0 Å². The fraction of sp³-hybridized carbons (Fsp3) is 0.231. The molecule has 1 heterocycles. The van der Waals surface area contributed by atoms with E-state index in [1.807, 2.05) is 0 Å². The molecular weight excluding hydrogens is 289 g/mol. The molecule has 0 aliphatic carbocycles. The number of nitrogens with zero attached hydrogens (tertiary/aromatic N) is 2. The molecule has 5 nitrogen and oxygen atoms in total. The number of hydrogen-bond donors (Lipinski definition) is 0. The van der Waals surface area contributed by atoms with Gasteiger partial charge in [0.2, 0.25) is 5.88 Å². The number of ether oxygens (including phenoxy) is 1. The molecule has 2 aromatic rings. The van der Waals surface area contributed by atoms with Crippen molar-refractivity contribution in [3.63, 3.8) is 0 Å². The lowest BCUT2D eigenvalue weighted by molar-refractivity contribution is -0.137. The summed E-state index contributed by atoms with van der Waals surface area (Å²) in [5, 5.41) is 0. The van der Waals surface area contributed by atoms with Gasteiger partial charge in [-0.25, -0.2) is 4.79 Å². The van der Waals surface area contributed by atoms with Gasteiger partial charge in [-0.05, 0) is 18.2 Å². The lowest BCUT2D eigenvalue weighted by Gasteiger charge is -2.12. The van der Waals surface area contributed by atoms with Crippen LogP contribution >= 0.6 is 0 Å². The molecule has 0 aliphatic heterocycles. The van der Waals surface area contributed by atoms with Crippen LogP contribution in [0.4, 0.5) is 13.2 Å². The van der Waals surface area contributed by atoms with E-state index in [0.29, 0.717) is 0 Å². The van der Waals surface area contributed by atoms with Gasteiger partial charge in [-0.1, -0.05) is 6.07 Å². The summed E-state index contributed by atoms with van der Waals surface area (Å²) in [6.45, 7) is 0. The van der Waals surface area contributed by atoms with Crippen LogP contribution in [0.15, 0.2) is 39.9 Å². The van der Waals surface area contributed by atoms with E-state index in [0.717, 1.165) is 27.3 Å². The van der Waals surface area contributed by atoms with E-state index >= 15 is 0 Å². The van der Waals surface area contributed by atoms with E-state index in [2.05, 4.69) is 0 Å². The molecule has 0 radical (unpaired) electrons. The maximum Gasteiger partial charge on any atom is 0.416 e. The van der Waals surface area contributed by atoms with Gasteiger partial charge in [0.25, 0.3) is 5.56 Å². The largest absolute Gasteiger partial charge is 0.440 e. The zero-order valence-electron chi connectivity index (χ0n) is 11.1. The van der Waals surface area contributed by atoms with Crippen LogP contribution in [0.1, 0.15) is 5.56 Å². The molecule has 0 bridgehead atoms. The molecule has 0 saturated heterocycles. The fourth-order valence-electron chi connectivity index (χ4n) is 1.67. The Morgan fingerprint density at radius 1 is 1.05 bits per heavy atom. The quantitative estimate of drug-likeness (QED) is 0.851. The van der Waals surface area contributed by atoms with Gasteiger partial charge in [0.05, 0.1) is 11.6 Å². The fourth-order valence-corrected chi connectivity index (χ4v) is 1.67. The average Bonchev–Trinajstić information content (AvgIpc) is 2.42. The molecule has 0 unspecified atom stereocenters. The zero-order chi connectivity index (χ0) is 15.8. The molecule has 0 fully saturated rings. The number of hydrogen-bond acceptors (Lipinski definition) is 3. The van der Waals surface area contributed by atoms with Crippen LogP contribution in [-0.4, -0.2) is 9.13 Å². The molecule has 21 heavy (non-hydrogen) atoms. The third-order valence-corrected chi connectivity index (χ3v) is 2.87. The van der Waals surface area contributed by atoms with Gasteiger partial charge in [0, 0.05) is 14.1 Å². The smallest absolute Gasteiger partial charge is 0.416 e. The van der Waals surface area contributed by atoms with Crippen LogP contribution in [-0.2, 0) is 20.3 Å². The van der Waals surface area contributed by atoms with Crippen LogP contribution in [0.5, 0.6) is 11.6 Å². The van der Waals surface area contributed by atoms with E-state index in [1.54, 1.807) is 0 Å². The van der Waals surface area contributed by atoms with E-state index in [9.17, 15) is 22.8 Å². The van der Waals surface area contributed by atoms with Crippen LogP contribution in [0.2, 0.25) is 0 Å². The maximum absolute atomic E-state index is 12.6. The Labute approximate surface area is 116 Å². The predicted molar refractivity (Wildman–Crippen MR) is 68.4 cm³/mol. The number of rotatable bonds is 2. The highest BCUT2D eigenvalue weighted by atomic mass is 19.4. The van der Waals surface area contributed by atoms with Gasteiger partial charge in [0.1, 0.15) is 5.75 Å². The minimum absolute atomic E-state index is 0.118. The van der Waals surface area contributed by atoms with Crippen molar-refractivity contribution in [2.45, 2.75) is 6.18 Å². The number of halogens is 3. The summed E-state index contributed by atoms with van der Waals surface area (Å²) in [7, 11) is 2.64. The van der Waals surface area contributed by atoms with Crippen LogP contribution < -0.4 is 16.0 Å². The molecule has 8 heteroatoms. The highest BCUT2D eigenvalue weighted by molar-refractivity contribution is 5.32. The molecule has 0 N–H and O–H groups in total. The molecule has 1 aromatic carbocycles. The molecular formula is C13H11F3N2O3. The third kappa shape index (κ3) is 2.99. The van der Waals surface area contributed by atoms with Crippen molar-refractivity contribution in [2.75, 3.05) is 0 Å². The molecule has 1 aromatic heterocycles. The van der Waals surface area contributed by atoms with Crippen molar-refractivity contribution in [3.05, 3.63) is 56.7 Å². The first-order valence-corrected chi connectivity index (χ1v) is 5.82. The summed E-state index contributed by atoms with van der Waals surface area (Å²) in [6, 6.07) is 5.20. The van der Waals surface area contributed by atoms with Crippen molar-refractivity contribution in [2.24, 2.45) is 14.1 Å². The summed E-state index contributed by atoms with van der Waals surface area (Å²) in [4.78, 5) is 23.2. The van der Waals surface area contributed by atoms with Gasteiger partial charge in [-0.2, -0.15) is 13.2 Å². The van der Waals surface area contributed by atoms with E-state index < -0.39 is 23.0 Å². The Bertz CT molecular complexity index is 790. The van der Waals surface area contributed by atoms with Gasteiger partial charge in [0.15, 0.2) is 0 Å². The average molecular weight is 300 g/mol. The second kappa shape index (κ2) is 5.12.